The third-order valence-electron chi connectivity index (χ3n) is 3.25. The van der Waals surface area contributed by atoms with Crippen LogP contribution in [0.3, 0.4) is 0 Å². The molecule has 0 spiro atoms. The van der Waals surface area contributed by atoms with E-state index in [4.69, 9.17) is 0 Å². The van der Waals surface area contributed by atoms with Crippen LogP contribution < -0.4 is 0 Å². The SMILES string of the molecule is CN(Cc1cccc2cnccc12)C(=O)c1cnc[nH]1. The van der Waals surface area contributed by atoms with Gasteiger partial charge in [0.1, 0.15) is 5.69 Å². The van der Waals surface area contributed by atoms with E-state index in [1.54, 1.807) is 18.1 Å². The van der Waals surface area contributed by atoms with Gasteiger partial charge in [-0.05, 0) is 17.0 Å². The Balaban J connectivity index is 1.88. The molecule has 2 heterocycles. The molecule has 100 valence electrons. The first-order chi connectivity index (χ1) is 9.75. The third-order valence-corrected chi connectivity index (χ3v) is 3.25. The van der Waals surface area contributed by atoms with Crippen LogP contribution >= 0.6 is 0 Å². The van der Waals surface area contributed by atoms with E-state index in [9.17, 15) is 4.79 Å². The summed E-state index contributed by atoms with van der Waals surface area (Å²) < 4.78 is 0. The van der Waals surface area contributed by atoms with Crippen molar-refractivity contribution in [3.8, 4) is 0 Å². The van der Waals surface area contributed by atoms with Crippen LogP contribution in [0.15, 0.2) is 49.2 Å². The number of benzene rings is 1. The van der Waals surface area contributed by atoms with Gasteiger partial charge in [0, 0.05) is 31.4 Å². The number of rotatable bonds is 3. The van der Waals surface area contributed by atoms with Gasteiger partial charge in [0.15, 0.2) is 0 Å². The molecule has 3 rings (SSSR count). The van der Waals surface area contributed by atoms with Crippen molar-refractivity contribution in [1.82, 2.24) is 19.9 Å². The highest BCUT2D eigenvalue weighted by molar-refractivity contribution is 5.92. The van der Waals surface area contributed by atoms with Crippen molar-refractivity contribution in [2.24, 2.45) is 0 Å². The number of imidazole rings is 1. The summed E-state index contributed by atoms with van der Waals surface area (Å²) in [7, 11) is 1.78. The number of aromatic amines is 1. The van der Waals surface area contributed by atoms with E-state index in [0.717, 1.165) is 16.3 Å². The topological polar surface area (TPSA) is 61.9 Å². The lowest BCUT2D eigenvalue weighted by Gasteiger charge is -2.17. The molecule has 0 saturated carbocycles. The number of carbonyl (C=O) groups excluding carboxylic acids is 1. The zero-order valence-corrected chi connectivity index (χ0v) is 11.1. The van der Waals surface area contributed by atoms with Gasteiger partial charge in [-0.2, -0.15) is 0 Å². The Labute approximate surface area is 116 Å². The van der Waals surface area contributed by atoms with E-state index in [1.807, 2.05) is 30.5 Å². The van der Waals surface area contributed by atoms with E-state index in [-0.39, 0.29) is 5.91 Å². The summed E-state index contributed by atoms with van der Waals surface area (Å²) in [5.74, 6) is -0.0754. The summed E-state index contributed by atoms with van der Waals surface area (Å²) in [6.07, 6.45) is 6.63. The predicted molar refractivity (Wildman–Crippen MR) is 76.1 cm³/mol. The average Bonchev–Trinajstić information content (AvgIpc) is 3.01. The molecular formula is C15H14N4O. The van der Waals surface area contributed by atoms with Crippen LogP contribution in [0.1, 0.15) is 16.1 Å². The molecule has 0 unspecified atom stereocenters. The Morgan fingerprint density at radius 3 is 2.95 bits per heavy atom. The van der Waals surface area contributed by atoms with E-state index in [0.29, 0.717) is 12.2 Å². The van der Waals surface area contributed by atoms with Gasteiger partial charge >= 0.3 is 0 Å². The molecule has 0 atom stereocenters. The van der Waals surface area contributed by atoms with Crippen molar-refractivity contribution in [3.05, 3.63) is 60.4 Å². The average molecular weight is 266 g/mol. The summed E-state index contributed by atoms with van der Waals surface area (Å²) in [5, 5.41) is 2.19. The maximum absolute atomic E-state index is 12.2. The molecule has 1 aromatic carbocycles. The first-order valence-corrected chi connectivity index (χ1v) is 6.31. The Morgan fingerprint density at radius 2 is 2.15 bits per heavy atom. The van der Waals surface area contributed by atoms with E-state index >= 15 is 0 Å². The van der Waals surface area contributed by atoms with E-state index in [1.165, 1.54) is 12.5 Å². The highest BCUT2D eigenvalue weighted by Gasteiger charge is 2.14. The Hall–Kier alpha value is -2.69. The summed E-state index contributed by atoms with van der Waals surface area (Å²) in [6, 6.07) is 7.99. The number of nitrogens with zero attached hydrogens (tertiary/aromatic N) is 3. The molecule has 0 radical (unpaired) electrons. The van der Waals surface area contributed by atoms with Crippen LogP contribution in [0.4, 0.5) is 0 Å². The molecule has 0 bridgehead atoms. The number of hydrogen-bond donors (Lipinski definition) is 1. The number of nitrogens with one attached hydrogen (secondary N) is 1. The third kappa shape index (κ3) is 2.25. The number of pyridine rings is 1. The van der Waals surface area contributed by atoms with Crippen LogP contribution in [0.25, 0.3) is 10.8 Å². The maximum atomic E-state index is 12.2. The van der Waals surface area contributed by atoms with Gasteiger partial charge in [0.2, 0.25) is 0 Å². The molecule has 0 saturated heterocycles. The van der Waals surface area contributed by atoms with E-state index in [2.05, 4.69) is 15.0 Å². The van der Waals surface area contributed by atoms with Crippen molar-refractivity contribution < 1.29 is 4.79 Å². The molecule has 5 heteroatoms. The maximum Gasteiger partial charge on any atom is 0.271 e. The number of amides is 1. The van der Waals surface area contributed by atoms with Gasteiger partial charge in [-0.1, -0.05) is 18.2 Å². The van der Waals surface area contributed by atoms with Crippen molar-refractivity contribution in [3.63, 3.8) is 0 Å². The van der Waals surface area contributed by atoms with Crippen molar-refractivity contribution in [2.45, 2.75) is 6.54 Å². The molecule has 0 aliphatic rings. The predicted octanol–water partition coefficient (Wildman–Crippen LogP) is 2.23. The summed E-state index contributed by atoms with van der Waals surface area (Å²) in [5.41, 5.74) is 1.59. The molecule has 3 aromatic rings. The first-order valence-electron chi connectivity index (χ1n) is 6.31. The van der Waals surface area contributed by atoms with Crippen LogP contribution in [0.5, 0.6) is 0 Å². The number of fused-ring (bicyclic) bond motifs is 1. The standard InChI is InChI=1S/C15H14N4O/c1-19(15(20)14-8-17-10-18-14)9-12-4-2-3-11-7-16-6-5-13(11)12/h2-8,10H,9H2,1H3,(H,17,18). The zero-order chi connectivity index (χ0) is 13.9. The van der Waals surface area contributed by atoms with Crippen LogP contribution in [-0.2, 0) is 6.54 Å². The van der Waals surface area contributed by atoms with Gasteiger partial charge in [-0.25, -0.2) is 4.98 Å². The summed E-state index contributed by atoms with van der Waals surface area (Å²) in [6.45, 7) is 0.541. The second-order valence-corrected chi connectivity index (χ2v) is 4.64. The van der Waals surface area contributed by atoms with Gasteiger partial charge in [-0.15, -0.1) is 0 Å². The minimum absolute atomic E-state index is 0.0754. The molecule has 1 N–H and O–H groups in total. The molecule has 0 aliphatic heterocycles. The van der Waals surface area contributed by atoms with Crippen molar-refractivity contribution in [1.29, 1.82) is 0 Å². The Kier molecular flexibility index (Phi) is 3.16. The molecule has 2 aromatic heterocycles. The fourth-order valence-corrected chi connectivity index (χ4v) is 2.23. The number of hydrogen-bond acceptors (Lipinski definition) is 3. The highest BCUT2D eigenvalue weighted by Crippen LogP contribution is 2.19. The van der Waals surface area contributed by atoms with Gasteiger partial charge < -0.3 is 9.88 Å². The van der Waals surface area contributed by atoms with Crippen LogP contribution in [0.2, 0.25) is 0 Å². The fourth-order valence-electron chi connectivity index (χ4n) is 2.23. The van der Waals surface area contributed by atoms with Crippen LogP contribution in [0, 0.1) is 0 Å². The fraction of sp³-hybridized carbons (Fsp3) is 0.133. The molecular weight excluding hydrogens is 252 g/mol. The van der Waals surface area contributed by atoms with Gasteiger partial charge in [-0.3, -0.25) is 9.78 Å². The Bertz CT molecular complexity index is 731. The first kappa shape index (κ1) is 12.3. The summed E-state index contributed by atoms with van der Waals surface area (Å²) >= 11 is 0. The quantitative estimate of drug-likeness (QED) is 0.790. The van der Waals surface area contributed by atoms with Crippen molar-refractivity contribution >= 4 is 16.7 Å². The molecule has 0 fully saturated rings. The normalized spacial score (nSPS) is 10.7. The monoisotopic (exact) mass is 266 g/mol. The van der Waals surface area contributed by atoms with Crippen LogP contribution in [-0.4, -0.2) is 32.8 Å². The molecule has 1 amide bonds. The summed E-state index contributed by atoms with van der Waals surface area (Å²) in [4.78, 5) is 24.7. The number of carbonyl (C=O) groups is 1. The highest BCUT2D eigenvalue weighted by atomic mass is 16.2. The largest absolute Gasteiger partial charge is 0.341 e. The second-order valence-electron chi connectivity index (χ2n) is 4.64. The zero-order valence-electron chi connectivity index (χ0n) is 11.1. The number of H-pyrrole nitrogens is 1. The van der Waals surface area contributed by atoms with Gasteiger partial charge in [0.05, 0.1) is 12.5 Å². The second kappa shape index (κ2) is 5.13. The lowest BCUT2D eigenvalue weighted by molar-refractivity contribution is 0.0780. The minimum Gasteiger partial charge on any atom is -0.341 e. The molecule has 5 nitrogen and oxygen atoms in total. The minimum atomic E-state index is -0.0754. The lowest BCUT2D eigenvalue weighted by atomic mass is 10.1. The number of aromatic nitrogens is 3. The van der Waals surface area contributed by atoms with E-state index < -0.39 is 0 Å². The van der Waals surface area contributed by atoms with Gasteiger partial charge in [0.25, 0.3) is 5.91 Å². The lowest BCUT2D eigenvalue weighted by Crippen LogP contribution is -2.26. The Morgan fingerprint density at radius 1 is 1.25 bits per heavy atom. The smallest absolute Gasteiger partial charge is 0.271 e. The molecule has 0 aliphatic carbocycles. The molecule has 20 heavy (non-hydrogen) atoms. The van der Waals surface area contributed by atoms with Crippen molar-refractivity contribution in [2.75, 3.05) is 7.05 Å².